The molecule has 0 spiro atoms. The smallest absolute Gasteiger partial charge is 0.221 e. The summed E-state index contributed by atoms with van der Waals surface area (Å²) in [5.41, 5.74) is 6.57. The van der Waals surface area contributed by atoms with E-state index in [4.69, 9.17) is 10.7 Å². The summed E-state index contributed by atoms with van der Waals surface area (Å²) < 4.78 is 2.27. The van der Waals surface area contributed by atoms with Gasteiger partial charge in [0.2, 0.25) is 5.91 Å². The Balaban J connectivity index is 1.36. The summed E-state index contributed by atoms with van der Waals surface area (Å²) in [6.45, 7) is 6.39. The lowest BCUT2D eigenvalue weighted by atomic mass is 10.0. The molecule has 3 aliphatic rings. The molecule has 150 valence electrons. The number of nitrogens with zero attached hydrogens (tertiary/aromatic N) is 3. The fourth-order valence-corrected chi connectivity index (χ4v) is 6.72. The quantitative estimate of drug-likeness (QED) is 0.756. The molecule has 28 heavy (non-hydrogen) atoms. The first kappa shape index (κ1) is 18.5. The molecule has 2 aliphatic carbocycles. The predicted octanol–water partition coefficient (Wildman–Crippen LogP) is 3.51. The molecule has 3 heterocycles. The van der Waals surface area contributed by atoms with E-state index in [1.807, 2.05) is 18.0 Å². The van der Waals surface area contributed by atoms with Crippen LogP contribution < -0.4 is 5.73 Å². The number of likely N-dealkylation sites (tertiary alicyclic amines) is 1. The molecule has 1 aliphatic heterocycles. The van der Waals surface area contributed by atoms with Gasteiger partial charge in [-0.2, -0.15) is 0 Å². The third-order valence-corrected chi connectivity index (χ3v) is 8.64. The van der Waals surface area contributed by atoms with Crippen molar-refractivity contribution in [2.24, 2.45) is 29.4 Å². The van der Waals surface area contributed by atoms with Crippen molar-refractivity contribution in [1.82, 2.24) is 14.3 Å². The molecule has 2 unspecified atom stereocenters. The van der Waals surface area contributed by atoms with Gasteiger partial charge in [0.25, 0.3) is 0 Å². The second-order valence-electron chi connectivity index (χ2n) is 9.39. The van der Waals surface area contributed by atoms with Gasteiger partial charge in [-0.3, -0.25) is 9.69 Å². The highest BCUT2D eigenvalue weighted by atomic mass is 32.2. The zero-order valence-corrected chi connectivity index (χ0v) is 17.6. The minimum atomic E-state index is -0.170. The Hall–Kier alpha value is -1.53. The summed E-state index contributed by atoms with van der Waals surface area (Å²) in [4.78, 5) is 20.2. The van der Waals surface area contributed by atoms with Gasteiger partial charge in [-0.05, 0) is 56.6 Å². The first-order valence-corrected chi connectivity index (χ1v) is 11.6. The van der Waals surface area contributed by atoms with Gasteiger partial charge >= 0.3 is 0 Å². The number of carbonyl (C=O) groups excluding carboxylic acids is 1. The highest BCUT2D eigenvalue weighted by Gasteiger charge is 2.60. The van der Waals surface area contributed by atoms with Crippen LogP contribution in [0.5, 0.6) is 0 Å². The number of rotatable bonds is 6. The second-order valence-corrected chi connectivity index (χ2v) is 10.5. The minimum absolute atomic E-state index is 0.0997. The molecule has 1 amide bonds. The second kappa shape index (κ2) is 6.77. The van der Waals surface area contributed by atoms with Crippen LogP contribution in [0.3, 0.4) is 0 Å². The number of primary amides is 1. The summed E-state index contributed by atoms with van der Waals surface area (Å²) in [6.07, 6.45) is 9.75. The first-order chi connectivity index (χ1) is 13.5. The summed E-state index contributed by atoms with van der Waals surface area (Å²) in [7, 11) is 0. The van der Waals surface area contributed by atoms with E-state index in [1.54, 1.807) is 0 Å². The fourth-order valence-electron chi connectivity index (χ4n) is 5.50. The fraction of sp³-hybridized carbons (Fsp3) is 0.636. The van der Waals surface area contributed by atoms with Gasteiger partial charge in [0.1, 0.15) is 5.82 Å². The summed E-state index contributed by atoms with van der Waals surface area (Å²) in [6, 6.07) is 4.38. The normalized spacial score (nSPS) is 28.1. The minimum Gasteiger partial charge on any atom is -0.369 e. The summed E-state index contributed by atoms with van der Waals surface area (Å²) in [5, 5.41) is 0. The Morgan fingerprint density at radius 2 is 2.00 bits per heavy atom. The molecular formula is C22H30N4OS. The van der Waals surface area contributed by atoms with Gasteiger partial charge < -0.3 is 10.1 Å². The van der Waals surface area contributed by atoms with E-state index >= 15 is 0 Å². The molecule has 2 aromatic heterocycles. The van der Waals surface area contributed by atoms with Crippen LogP contribution in [0.2, 0.25) is 0 Å². The van der Waals surface area contributed by atoms with Gasteiger partial charge in [-0.25, -0.2) is 4.98 Å². The Morgan fingerprint density at radius 3 is 2.68 bits per heavy atom. The van der Waals surface area contributed by atoms with E-state index in [2.05, 4.69) is 41.5 Å². The van der Waals surface area contributed by atoms with Crippen molar-refractivity contribution in [3.63, 3.8) is 0 Å². The van der Waals surface area contributed by atoms with Gasteiger partial charge in [-0.15, -0.1) is 11.8 Å². The number of piperidine rings is 1. The Labute approximate surface area is 171 Å². The molecule has 2 atom stereocenters. The van der Waals surface area contributed by atoms with E-state index in [1.165, 1.54) is 41.8 Å². The first-order valence-electron chi connectivity index (χ1n) is 10.6. The Bertz CT molecular complexity index is 889. The third kappa shape index (κ3) is 2.96. The number of carbonyl (C=O) groups is 1. The molecule has 2 aromatic rings. The van der Waals surface area contributed by atoms with Crippen LogP contribution in [0.25, 0.3) is 5.52 Å². The molecule has 0 bridgehead atoms. The molecule has 3 fully saturated rings. The number of pyridine rings is 1. The lowest BCUT2D eigenvalue weighted by Gasteiger charge is -2.36. The monoisotopic (exact) mass is 398 g/mol. The van der Waals surface area contributed by atoms with Crippen LogP contribution in [0.15, 0.2) is 29.4 Å². The number of amides is 1. The lowest BCUT2D eigenvalue weighted by Crippen LogP contribution is -2.43. The maximum absolute atomic E-state index is 11.5. The SMILES string of the molecule is CC(C)(c1ncc2c(SCC3CCCC3)cccn12)N1CC2C(C1)C2C(N)=O. The molecule has 1 saturated heterocycles. The van der Waals surface area contributed by atoms with Crippen molar-refractivity contribution in [3.05, 3.63) is 30.4 Å². The number of hydrogen-bond donors (Lipinski definition) is 1. The Morgan fingerprint density at radius 1 is 1.29 bits per heavy atom. The van der Waals surface area contributed by atoms with Crippen LogP contribution in [-0.2, 0) is 10.3 Å². The van der Waals surface area contributed by atoms with Crippen molar-refractivity contribution in [1.29, 1.82) is 0 Å². The van der Waals surface area contributed by atoms with Crippen LogP contribution in [-0.4, -0.2) is 39.0 Å². The van der Waals surface area contributed by atoms with Crippen molar-refractivity contribution >= 4 is 23.2 Å². The molecule has 0 radical (unpaired) electrons. The van der Waals surface area contributed by atoms with Gasteiger partial charge in [0.15, 0.2) is 0 Å². The maximum Gasteiger partial charge on any atom is 0.221 e. The predicted molar refractivity (Wildman–Crippen MR) is 112 cm³/mol. The molecule has 0 aromatic carbocycles. The number of thioether (sulfide) groups is 1. The molecule has 5 nitrogen and oxygen atoms in total. The van der Waals surface area contributed by atoms with E-state index in [0.29, 0.717) is 11.8 Å². The number of nitrogens with two attached hydrogens (primary N) is 1. The largest absolute Gasteiger partial charge is 0.369 e. The zero-order valence-electron chi connectivity index (χ0n) is 16.8. The van der Waals surface area contributed by atoms with Gasteiger partial charge in [0.05, 0.1) is 17.3 Å². The van der Waals surface area contributed by atoms with E-state index < -0.39 is 0 Å². The lowest BCUT2D eigenvalue weighted by molar-refractivity contribution is -0.120. The summed E-state index contributed by atoms with van der Waals surface area (Å²) >= 11 is 1.99. The van der Waals surface area contributed by atoms with Gasteiger partial charge in [-0.1, -0.05) is 12.8 Å². The molecular weight excluding hydrogens is 368 g/mol. The van der Waals surface area contributed by atoms with Crippen LogP contribution in [0, 0.1) is 23.7 Å². The van der Waals surface area contributed by atoms with Crippen molar-refractivity contribution in [3.8, 4) is 0 Å². The highest BCUT2D eigenvalue weighted by Crippen LogP contribution is 2.54. The number of fused-ring (bicyclic) bond motifs is 2. The van der Waals surface area contributed by atoms with Crippen LogP contribution in [0.1, 0.15) is 45.4 Å². The summed E-state index contributed by atoms with van der Waals surface area (Å²) in [5.74, 6) is 4.04. The molecule has 2 saturated carbocycles. The van der Waals surface area contributed by atoms with E-state index in [9.17, 15) is 4.79 Å². The van der Waals surface area contributed by atoms with Gasteiger partial charge in [0, 0.05) is 35.9 Å². The topological polar surface area (TPSA) is 63.6 Å². The zero-order chi connectivity index (χ0) is 19.5. The number of aromatic nitrogens is 2. The van der Waals surface area contributed by atoms with E-state index in [-0.39, 0.29) is 17.4 Å². The average Bonchev–Trinajstić information content (AvgIpc) is 3.17. The average molecular weight is 399 g/mol. The Kier molecular flexibility index (Phi) is 4.47. The number of hydrogen-bond acceptors (Lipinski definition) is 4. The van der Waals surface area contributed by atoms with Crippen molar-refractivity contribution in [2.45, 2.75) is 50.0 Å². The van der Waals surface area contributed by atoms with Crippen molar-refractivity contribution < 1.29 is 4.79 Å². The standard InChI is InChI=1S/C22H30N4OS/c1-22(2,25-11-15-16(12-25)19(15)20(23)27)21-24-10-17-18(8-5-9-26(17)21)28-13-14-6-3-4-7-14/h5,8-10,14-16,19H,3-4,6-7,11-13H2,1-2H3,(H2,23,27). The van der Waals surface area contributed by atoms with Crippen molar-refractivity contribution in [2.75, 3.05) is 18.8 Å². The molecule has 2 N–H and O–H groups in total. The maximum atomic E-state index is 11.5. The molecule has 6 heteroatoms. The highest BCUT2D eigenvalue weighted by molar-refractivity contribution is 7.99. The molecule has 5 rings (SSSR count). The van der Waals surface area contributed by atoms with Crippen LogP contribution in [0.4, 0.5) is 0 Å². The number of imidazole rings is 1. The third-order valence-electron chi connectivity index (χ3n) is 7.34. The van der Waals surface area contributed by atoms with E-state index in [0.717, 1.165) is 24.8 Å². The van der Waals surface area contributed by atoms with Crippen LogP contribution >= 0.6 is 11.8 Å².